The molecule has 0 unspecified atom stereocenters. The molecule has 2 aromatic carbocycles. The first-order chi connectivity index (χ1) is 16.7. The van der Waals surface area contributed by atoms with Gasteiger partial charge in [-0.1, -0.05) is 0 Å². The van der Waals surface area contributed by atoms with Crippen LogP contribution in [0.2, 0.25) is 0 Å². The molecule has 1 aliphatic rings. The molecule has 1 N–H and O–H groups in total. The average molecular weight is 521 g/mol. The maximum absolute atomic E-state index is 13.4. The van der Waals surface area contributed by atoms with Gasteiger partial charge < -0.3 is 19.3 Å². The number of methoxy groups -OCH3 is 2. The minimum atomic E-state index is -5.06. The molecule has 1 amide bonds. The van der Waals surface area contributed by atoms with Crippen molar-refractivity contribution >= 4 is 11.8 Å². The minimum Gasteiger partial charge on any atom is -0.493 e. The van der Waals surface area contributed by atoms with E-state index in [4.69, 9.17) is 14.2 Å². The Labute approximate surface area is 203 Å². The van der Waals surface area contributed by atoms with Gasteiger partial charge in [0.2, 0.25) is 0 Å². The second-order valence-corrected chi connectivity index (χ2v) is 8.31. The second-order valence-electron chi connectivity index (χ2n) is 8.31. The van der Waals surface area contributed by atoms with Gasteiger partial charge in [-0.15, -0.1) is 0 Å². The van der Waals surface area contributed by atoms with Crippen LogP contribution in [-0.4, -0.2) is 38.1 Å². The predicted octanol–water partition coefficient (Wildman–Crippen LogP) is 6.31. The molecule has 0 fully saturated rings. The molecule has 3 atom stereocenters. The Kier molecular flexibility index (Phi) is 7.68. The van der Waals surface area contributed by atoms with Gasteiger partial charge in [-0.25, -0.2) is 4.79 Å². The number of rotatable bonds is 5. The summed E-state index contributed by atoms with van der Waals surface area (Å²) >= 11 is 0. The molecule has 198 valence electrons. The zero-order valence-electron chi connectivity index (χ0n) is 19.8. The van der Waals surface area contributed by atoms with E-state index in [1.807, 2.05) is 0 Å². The normalized spacial score (nSPS) is 18.9. The van der Waals surface area contributed by atoms with Crippen molar-refractivity contribution in [3.05, 3.63) is 52.6 Å². The highest BCUT2D eigenvalue weighted by atomic mass is 19.4. The molecule has 1 aliphatic heterocycles. The minimum absolute atomic E-state index is 0.00401. The fourth-order valence-corrected chi connectivity index (χ4v) is 4.38. The lowest BCUT2D eigenvalue weighted by molar-refractivity contribution is -0.143. The summed E-state index contributed by atoms with van der Waals surface area (Å²) in [6.07, 6.45) is -12.6. The van der Waals surface area contributed by atoms with E-state index in [2.05, 4.69) is 0 Å². The fraction of sp³-hybridized carbons (Fsp3) is 0.458. The number of aliphatic hydroxyl groups excluding tert-OH is 1. The van der Waals surface area contributed by atoms with E-state index < -0.39 is 53.2 Å². The molecule has 0 bridgehead atoms. The largest absolute Gasteiger partial charge is 0.493 e. The summed E-state index contributed by atoms with van der Waals surface area (Å²) in [4.78, 5) is 14.0. The van der Waals surface area contributed by atoms with Gasteiger partial charge in [0.1, 0.15) is 0 Å². The molecule has 2 aromatic rings. The van der Waals surface area contributed by atoms with Crippen molar-refractivity contribution in [1.82, 2.24) is 0 Å². The number of halogens is 6. The second kappa shape index (κ2) is 10.1. The summed E-state index contributed by atoms with van der Waals surface area (Å²) in [6, 6.07) is 3.28. The van der Waals surface area contributed by atoms with Gasteiger partial charge in [0.25, 0.3) is 0 Å². The molecule has 3 rings (SSSR count). The molecule has 0 saturated heterocycles. The third-order valence-corrected chi connectivity index (χ3v) is 6.02. The number of nitrogens with zero attached hydrogens (tertiary/aromatic N) is 1. The summed E-state index contributed by atoms with van der Waals surface area (Å²) in [5.41, 5.74) is -3.11. The van der Waals surface area contributed by atoms with Crippen molar-refractivity contribution in [2.75, 3.05) is 25.7 Å². The summed E-state index contributed by atoms with van der Waals surface area (Å²) in [5, 5.41) is 11.2. The Morgan fingerprint density at radius 2 is 1.53 bits per heavy atom. The summed E-state index contributed by atoms with van der Waals surface area (Å²) in [6.45, 7) is 3.31. The van der Waals surface area contributed by atoms with Gasteiger partial charge in [-0.05, 0) is 55.7 Å². The number of aliphatic hydroxyl groups is 1. The molecule has 6 nitrogen and oxygen atoms in total. The maximum Gasteiger partial charge on any atom is 0.416 e. The van der Waals surface area contributed by atoms with Crippen molar-refractivity contribution in [2.24, 2.45) is 0 Å². The molecule has 0 aromatic heterocycles. The number of hydrogen-bond donors (Lipinski definition) is 1. The van der Waals surface area contributed by atoms with Gasteiger partial charge in [0.05, 0.1) is 43.7 Å². The maximum atomic E-state index is 13.4. The Hall–Kier alpha value is -3.15. The Morgan fingerprint density at radius 1 is 1.00 bits per heavy atom. The number of alkyl halides is 6. The van der Waals surface area contributed by atoms with Crippen LogP contribution in [0.15, 0.2) is 30.3 Å². The summed E-state index contributed by atoms with van der Waals surface area (Å²) in [5.74, 6) is -0.553. The number of hydrogen-bond acceptors (Lipinski definition) is 5. The molecule has 0 spiro atoms. The smallest absolute Gasteiger partial charge is 0.416 e. The van der Waals surface area contributed by atoms with E-state index >= 15 is 0 Å². The van der Waals surface area contributed by atoms with Crippen LogP contribution < -0.4 is 14.4 Å². The molecule has 12 heteroatoms. The van der Waals surface area contributed by atoms with Crippen LogP contribution in [0.3, 0.4) is 0 Å². The molecular formula is C24H25F6NO5. The van der Waals surface area contributed by atoms with E-state index in [1.54, 1.807) is 13.8 Å². The number of fused-ring (bicyclic) bond motifs is 1. The van der Waals surface area contributed by atoms with Gasteiger partial charge >= 0.3 is 18.4 Å². The molecule has 36 heavy (non-hydrogen) atoms. The fourth-order valence-electron chi connectivity index (χ4n) is 4.38. The Morgan fingerprint density at radius 3 is 2.00 bits per heavy atom. The Bertz CT molecular complexity index is 1090. The Balaban J connectivity index is 2.20. The van der Waals surface area contributed by atoms with Crippen LogP contribution in [0.4, 0.5) is 36.8 Å². The molecule has 0 radical (unpaired) electrons. The van der Waals surface area contributed by atoms with Crippen molar-refractivity contribution in [2.45, 2.75) is 50.7 Å². The SMILES string of the molecule is CCOC(=O)N1c2cc(OC)c(OC)cc2[C@H]([C@@H](O)c2cc(C(F)(F)F)cc(C(F)(F)F)c2)C[C@@H]1C. The third-order valence-electron chi connectivity index (χ3n) is 6.02. The van der Waals surface area contributed by atoms with Gasteiger partial charge in [0.15, 0.2) is 11.5 Å². The first-order valence-electron chi connectivity index (χ1n) is 10.9. The zero-order chi connectivity index (χ0) is 27.0. The van der Waals surface area contributed by atoms with Gasteiger partial charge in [-0.3, -0.25) is 4.90 Å². The van der Waals surface area contributed by atoms with E-state index in [1.165, 1.54) is 31.3 Å². The van der Waals surface area contributed by atoms with Crippen molar-refractivity contribution < 1.29 is 50.5 Å². The first-order valence-corrected chi connectivity index (χ1v) is 10.9. The highest BCUT2D eigenvalue weighted by molar-refractivity contribution is 5.91. The third kappa shape index (κ3) is 5.32. The van der Waals surface area contributed by atoms with E-state index in [0.717, 1.165) is 0 Å². The van der Waals surface area contributed by atoms with Gasteiger partial charge in [-0.2, -0.15) is 26.3 Å². The van der Waals surface area contributed by atoms with E-state index in [-0.39, 0.29) is 41.8 Å². The lowest BCUT2D eigenvalue weighted by Crippen LogP contribution is -2.44. The number of amides is 1. The molecule has 1 heterocycles. The van der Waals surface area contributed by atoms with E-state index in [9.17, 15) is 36.2 Å². The average Bonchev–Trinajstić information content (AvgIpc) is 2.80. The van der Waals surface area contributed by atoms with Crippen molar-refractivity contribution in [1.29, 1.82) is 0 Å². The number of benzene rings is 2. The number of carbonyl (C=O) groups is 1. The summed E-state index contributed by atoms with van der Waals surface area (Å²) in [7, 11) is 2.70. The quantitative estimate of drug-likeness (QED) is 0.467. The van der Waals surface area contributed by atoms with E-state index in [0.29, 0.717) is 12.1 Å². The highest BCUT2D eigenvalue weighted by Gasteiger charge is 2.42. The standard InChI is InChI=1S/C24H25F6NO5/c1-5-36-22(33)31-12(2)6-17(16-10-19(34-3)20(35-4)11-18(16)31)21(32)13-7-14(23(25,26)27)9-15(8-13)24(28,29)30/h7-12,17,21,32H,5-6H2,1-4H3/t12-,17+,21-/m0/s1. The molecule has 0 aliphatic carbocycles. The number of anilines is 1. The number of ether oxygens (including phenoxy) is 3. The first kappa shape index (κ1) is 27.4. The highest BCUT2D eigenvalue weighted by Crippen LogP contribution is 2.49. The molecule has 0 saturated carbocycles. The lowest BCUT2D eigenvalue weighted by Gasteiger charge is -2.40. The van der Waals surface area contributed by atoms with Crippen LogP contribution in [0, 0.1) is 0 Å². The monoisotopic (exact) mass is 521 g/mol. The van der Waals surface area contributed by atoms with Crippen LogP contribution >= 0.6 is 0 Å². The van der Waals surface area contributed by atoms with Crippen LogP contribution in [0.25, 0.3) is 0 Å². The molecular weight excluding hydrogens is 496 g/mol. The summed E-state index contributed by atoms with van der Waals surface area (Å²) < 4.78 is 96.1. The topological polar surface area (TPSA) is 68.2 Å². The zero-order valence-corrected chi connectivity index (χ0v) is 19.8. The lowest BCUT2D eigenvalue weighted by atomic mass is 9.79. The van der Waals surface area contributed by atoms with Crippen LogP contribution in [0.1, 0.15) is 54.5 Å². The van der Waals surface area contributed by atoms with Crippen LogP contribution in [0.5, 0.6) is 11.5 Å². The van der Waals surface area contributed by atoms with Crippen LogP contribution in [-0.2, 0) is 17.1 Å². The number of carbonyl (C=O) groups excluding carboxylic acids is 1. The predicted molar refractivity (Wildman–Crippen MR) is 117 cm³/mol. The van der Waals surface area contributed by atoms with Gasteiger partial charge in [0, 0.05) is 18.0 Å². The van der Waals surface area contributed by atoms with Crippen molar-refractivity contribution in [3.63, 3.8) is 0 Å². The van der Waals surface area contributed by atoms with Crippen molar-refractivity contribution in [3.8, 4) is 11.5 Å².